The van der Waals surface area contributed by atoms with Crippen molar-refractivity contribution < 1.29 is 9.59 Å². The van der Waals surface area contributed by atoms with Crippen LogP contribution < -0.4 is 11.1 Å². The molecule has 0 saturated heterocycles. The van der Waals surface area contributed by atoms with E-state index in [0.717, 1.165) is 0 Å². The molecule has 0 aliphatic rings. The summed E-state index contributed by atoms with van der Waals surface area (Å²) in [7, 11) is 3.26. The zero-order valence-electron chi connectivity index (χ0n) is 9.66. The van der Waals surface area contributed by atoms with Crippen molar-refractivity contribution in [2.24, 2.45) is 5.73 Å². The molecule has 0 fully saturated rings. The van der Waals surface area contributed by atoms with Crippen LogP contribution >= 0.6 is 11.6 Å². The highest BCUT2D eigenvalue weighted by Crippen LogP contribution is 2.21. The number of nitrogens with one attached hydrogen (secondary N) is 1. The fourth-order valence-electron chi connectivity index (χ4n) is 1.22. The number of amides is 2. The van der Waals surface area contributed by atoms with Gasteiger partial charge in [-0.15, -0.1) is 0 Å². The zero-order chi connectivity index (χ0) is 13.0. The highest BCUT2D eigenvalue weighted by Gasteiger charge is 2.13. The summed E-state index contributed by atoms with van der Waals surface area (Å²) in [5, 5.41) is 2.90. The van der Waals surface area contributed by atoms with E-state index in [0.29, 0.717) is 16.3 Å². The molecule has 0 heterocycles. The number of carbonyl (C=O) groups is 2. The van der Waals surface area contributed by atoms with Gasteiger partial charge in [0.15, 0.2) is 0 Å². The molecule has 0 aliphatic carbocycles. The number of benzene rings is 1. The third kappa shape index (κ3) is 3.44. The average Bonchev–Trinajstić information content (AvgIpc) is 2.30. The number of carbonyl (C=O) groups excluding carboxylic acids is 2. The molecule has 0 aliphatic heterocycles. The van der Waals surface area contributed by atoms with Gasteiger partial charge in [0.2, 0.25) is 5.91 Å². The summed E-state index contributed by atoms with van der Waals surface area (Å²) in [6.45, 7) is -0.112. The first-order valence-electron chi connectivity index (χ1n) is 4.97. The first-order chi connectivity index (χ1) is 7.95. The largest absolute Gasteiger partial charge is 0.345 e. The second kappa shape index (κ2) is 5.65. The minimum Gasteiger partial charge on any atom is -0.345 e. The molecule has 17 heavy (non-hydrogen) atoms. The Morgan fingerprint density at radius 3 is 2.59 bits per heavy atom. The number of anilines is 1. The molecular weight excluding hydrogens is 242 g/mol. The van der Waals surface area contributed by atoms with Gasteiger partial charge in [0.1, 0.15) is 0 Å². The van der Waals surface area contributed by atoms with Gasteiger partial charge in [0.25, 0.3) is 5.91 Å². The lowest BCUT2D eigenvalue weighted by Crippen LogP contribution is -2.24. The highest BCUT2D eigenvalue weighted by atomic mass is 35.5. The molecule has 0 radical (unpaired) electrons. The van der Waals surface area contributed by atoms with Crippen LogP contribution in [-0.4, -0.2) is 37.4 Å². The molecule has 1 rings (SSSR count). The molecule has 0 bridgehead atoms. The monoisotopic (exact) mass is 255 g/mol. The second-order valence-corrected chi connectivity index (χ2v) is 4.05. The molecule has 0 spiro atoms. The Hall–Kier alpha value is -1.59. The summed E-state index contributed by atoms with van der Waals surface area (Å²) in [5.41, 5.74) is 6.02. The van der Waals surface area contributed by atoms with Gasteiger partial charge in [-0.1, -0.05) is 11.6 Å². The summed E-state index contributed by atoms with van der Waals surface area (Å²) in [6, 6.07) is 4.70. The minimum absolute atomic E-state index is 0.112. The van der Waals surface area contributed by atoms with Crippen LogP contribution in [0.4, 0.5) is 5.69 Å². The van der Waals surface area contributed by atoms with Crippen molar-refractivity contribution in [2.45, 2.75) is 0 Å². The van der Waals surface area contributed by atoms with E-state index in [4.69, 9.17) is 17.3 Å². The van der Waals surface area contributed by atoms with Gasteiger partial charge in [0, 0.05) is 19.8 Å². The molecule has 0 unspecified atom stereocenters. The van der Waals surface area contributed by atoms with Crippen LogP contribution in [0.5, 0.6) is 0 Å². The Morgan fingerprint density at radius 2 is 2.06 bits per heavy atom. The highest BCUT2D eigenvalue weighted by molar-refractivity contribution is 6.34. The Bertz CT molecular complexity index is 446. The number of nitrogens with zero attached hydrogens (tertiary/aromatic N) is 1. The molecule has 6 heteroatoms. The van der Waals surface area contributed by atoms with Gasteiger partial charge < -0.3 is 16.0 Å². The average molecular weight is 256 g/mol. The van der Waals surface area contributed by atoms with Crippen molar-refractivity contribution in [3.8, 4) is 0 Å². The molecule has 1 aromatic rings. The van der Waals surface area contributed by atoms with Crippen molar-refractivity contribution >= 4 is 29.1 Å². The molecule has 2 amide bonds. The van der Waals surface area contributed by atoms with Gasteiger partial charge in [-0.3, -0.25) is 9.59 Å². The van der Waals surface area contributed by atoms with Crippen molar-refractivity contribution in [1.29, 1.82) is 0 Å². The Balaban J connectivity index is 3.02. The summed E-state index contributed by atoms with van der Waals surface area (Å²) < 4.78 is 0. The molecule has 0 aromatic heterocycles. The third-order valence-electron chi connectivity index (χ3n) is 2.07. The molecule has 3 N–H and O–H groups in total. The molecule has 92 valence electrons. The van der Waals surface area contributed by atoms with Crippen molar-refractivity contribution in [1.82, 2.24) is 4.90 Å². The van der Waals surface area contributed by atoms with Gasteiger partial charge >= 0.3 is 0 Å². The zero-order valence-corrected chi connectivity index (χ0v) is 10.4. The Morgan fingerprint density at radius 1 is 1.41 bits per heavy atom. The van der Waals surface area contributed by atoms with E-state index in [9.17, 15) is 9.59 Å². The van der Waals surface area contributed by atoms with Crippen LogP contribution in [-0.2, 0) is 4.79 Å². The standard InChI is InChI=1S/C11H14ClN3O2/c1-15(2)11(17)8-5-7(3-4-9(8)12)14-10(16)6-13/h3-5H,6,13H2,1-2H3,(H,14,16). The summed E-state index contributed by atoms with van der Waals surface area (Å²) in [4.78, 5) is 24.3. The lowest BCUT2D eigenvalue weighted by atomic mass is 10.1. The van der Waals surface area contributed by atoms with Crippen molar-refractivity contribution in [3.63, 3.8) is 0 Å². The van der Waals surface area contributed by atoms with E-state index in [2.05, 4.69) is 5.32 Å². The molecule has 0 saturated carbocycles. The van der Waals surface area contributed by atoms with E-state index in [1.54, 1.807) is 26.2 Å². The smallest absolute Gasteiger partial charge is 0.254 e. The molecule has 1 aromatic carbocycles. The van der Waals surface area contributed by atoms with Gasteiger partial charge in [-0.05, 0) is 18.2 Å². The summed E-state index contributed by atoms with van der Waals surface area (Å²) >= 11 is 5.92. The topological polar surface area (TPSA) is 75.4 Å². The van der Waals surface area contributed by atoms with Crippen LogP contribution in [0.25, 0.3) is 0 Å². The number of hydrogen-bond acceptors (Lipinski definition) is 3. The Kier molecular flexibility index (Phi) is 4.48. The predicted octanol–water partition coefficient (Wildman–Crippen LogP) is 0.939. The van der Waals surface area contributed by atoms with Gasteiger partial charge in [0.05, 0.1) is 17.1 Å². The second-order valence-electron chi connectivity index (χ2n) is 3.65. The molecule has 0 atom stereocenters. The minimum atomic E-state index is -0.324. The van der Waals surface area contributed by atoms with Crippen molar-refractivity contribution in [2.75, 3.05) is 26.0 Å². The molecular formula is C11H14ClN3O2. The maximum absolute atomic E-state index is 11.8. The van der Waals surface area contributed by atoms with Crippen LogP contribution in [0.1, 0.15) is 10.4 Å². The van der Waals surface area contributed by atoms with E-state index >= 15 is 0 Å². The van der Waals surface area contributed by atoms with Crippen LogP contribution in [0.15, 0.2) is 18.2 Å². The first-order valence-corrected chi connectivity index (χ1v) is 5.34. The number of rotatable bonds is 3. The van der Waals surface area contributed by atoms with E-state index in [-0.39, 0.29) is 18.4 Å². The predicted molar refractivity (Wildman–Crippen MR) is 67.2 cm³/mol. The normalized spacial score (nSPS) is 9.88. The summed E-state index contributed by atoms with van der Waals surface area (Å²) in [6.07, 6.45) is 0. The van der Waals surface area contributed by atoms with Gasteiger partial charge in [-0.2, -0.15) is 0 Å². The lowest BCUT2D eigenvalue weighted by molar-refractivity contribution is -0.114. The third-order valence-corrected chi connectivity index (χ3v) is 2.40. The number of nitrogens with two attached hydrogens (primary N) is 1. The fourth-order valence-corrected chi connectivity index (χ4v) is 1.42. The maximum atomic E-state index is 11.8. The number of halogens is 1. The number of hydrogen-bond donors (Lipinski definition) is 2. The Labute approximate surface area is 105 Å². The SMILES string of the molecule is CN(C)C(=O)c1cc(NC(=O)CN)ccc1Cl. The van der Waals surface area contributed by atoms with E-state index in [1.165, 1.54) is 11.0 Å². The van der Waals surface area contributed by atoms with Crippen LogP contribution in [0, 0.1) is 0 Å². The van der Waals surface area contributed by atoms with Crippen molar-refractivity contribution in [3.05, 3.63) is 28.8 Å². The summed E-state index contributed by atoms with van der Waals surface area (Å²) in [5.74, 6) is -0.547. The van der Waals surface area contributed by atoms with E-state index < -0.39 is 0 Å². The van der Waals surface area contributed by atoms with Crippen LogP contribution in [0.3, 0.4) is 0 Å². The van der Waals surface area contributed by atoms with E-state index in [1.807, 2.05) is 0 Å². The van der Waals surface area contributed by atoms with Gasteiger partial charge in [-0.25, -0.2) is 0 Å². The first kappa shape index (κ1) is 13.5. The maximum Gasteiger partial charge on any atom is 0.254 e. The lowest BCUT2D eigenvalue weighted by Gasteiger charge is -2.13. The fraction of sp³-hybridized carbons (Fsp3) is 0.273. The van der Waals surface area contributed by atoms with Crippen LogP contribution in [0.2, 0.25) is 5.02 Å². The molecule has 5 nitrogen and oxygen atoms in total. The quantitative estimate of drug-likeness (QED) is 0.844.